The monoisotopic (exact) mass is 269 g/mol. The molecule has 0 aromatic carbocycles. The Kier molecular flexibility index (Phi) is 7.77. The van der Waals surface area contributed by atoms with Crippen LogP contribution >= 0.6 is 12.2 Å². The zero-order valence-electron chi connectivity index (χ0n) is 9.60. The minimum Gasteiger partial charge on any atom is -0.392 e. The van der Waals surface area contributed by atoms with Crippen LogP contribution in [0.2, 0.25) is 0 Å². The lowest BCUT2D eigenvalue weighted by molar-refractivity contribution is 0.204. The predicted octanol–water partition coefficient (Wildman–Crippen LogP) is -0.535. The zero-order valence-corrected chi connectivity index (χ0v) is 11.2. The van der Waals surface area contributed by atoms with E-state index >= 15 is 0 Å². The van der Waals surface area contributed by atoms with Crippen molar-refractivity contribution in [3.63, 3.8) is 0 Å². The maximum Gasteiger partial charge on any atom is 0.279 e. The summed E-state index contributed by atoms with van der Waals surface area (Å²) < 4.78 is 31.9. The summed E-state index contributed by atoms with van der Waals surface area (Å²) in [6.07, 6.45) is 0.702. The van der Waals surface area contributed by atoms with E-state index in [1.165, 1.54) is 11.4 Å². The van der Waals surface area contributed by atoms with Gasteiger partial charge in [0.25, 0.3) is 10.2 Å². The van der Waals surface area contributed by atoms with E-state index in [4.69, 9.17) is 22.7 Å². The van der Waals surface area contributed by atoms with Crippen molar-refractivity contribution in [2.24, 2.45) is 5.73 Å². The maximum atomic E-state index is 11.8. The SMILES string of the molecule is CCCN(CC(N)=S)S(=O)(=O)NCCOC. The van der Waals surface area contributed by atoms with E-state index in [9.17, 15) is 8.42 Å². The second-order valence-electron chi connectivity index (χ2n) is 3.19. The molecule has 0 amide bonds. The first-order chi connectivity index (χ1) is 7.44. The summed E-state index contributed by atoms with van der Waals surface area (Å²) in [5.74, 6) is 0. The average molecular weight is 269 g/mol. The van der Waals surface area contributed by atoms with Crippen molar-refractivity contribution in [3.8, 4) is 0 Å². The maximum absolute atomic E-state index is 11.8. The van der Waals surface area contributed by atoms with Crippen LogP contribution in [0.25, 0.3) is 0 Å². The minimum absolute atomic E-state index is 0.0610. The minimum atomic E-state index is -3.52. The first-order valence-corrected chi connectivity index (χ1v) is 6.80. The van der Waals surface area contributed by atoms with Crippen molar-refractivity contribution in [2.45, 2.75) is 13.3 Å². The molecule has 0 aliphatic rings. The molecule has 0 rings (SSSR count). The summed E-state index contributed by atoms with van der Waals surface area (Å²) in [5.41, 5.74) is 5.35. The number of methoxy groups -OCH3 is 1. The van der Waals surface area contributed by atoms with Crippen LogP contribution in [0.5, 0.6) is 0 Å². The van der Waals surface area contributed by atoms with Gasteiger partial charge >= 0.3 is 0 Å². The summed E-state index contributed by atoms with van der Waals surface area (Å²) in [4.78, 5) is 0.158. The molecule has 8 heteroatoms. The first kappa shape index (κ1) is 15.7. The second-order valence-corrected chi connectivity index (χ2v) is 5.47. The number of rotatable bonds is 9. The largest absolute Gasteiger partial charge is 0.392 e. The topological polar surface area (TPSA) is 84.7 Å². The lowest BCUT2D eigenvalue weighted by Crippen LogP contribution is -2.45. The van der Waals surface area contributed by atoms with Gasteiger partial charge in [0.15, 0.2) is 0 Å². The molecule has 0 aliphatic carbocycles. The highest BCUT2D eigenvalue weighted by Crippen LogP contribution is 1.99. The molecule has 0 fully saturated rings. The Morgan fingerprint density at radius 2 is 2.19 bits per heavy atom. The fourth-order valence-corrected chi connectivity index (χ4v) is 2.56. The molecule has 0 aliphatic heterocycles. The normalized spacial score (nSPS) is 11.9. The van der Waals surface area contributed by atoms with Crippen LogP contribution < -0.4 is 10.5 Å². The molecular weight excluding hydrogens is 250 g/mol. The Labute approximate surface area is 102 Å². The van der Waals surface area contributed by atoms with Crippen LogP contribution in [-0.4, -0.2) is 51.1 Å². The van der Waals surface area contributed by atoms with E-state index in [-0.39, 0.29) is 18.1 Å². The molecule has 16 heavy (non-hydrogen) atoms. The van der Waals surface area contributed by atoms with Gasteiger partial charge in [-0.2, -0.15) is 17.4 Å². The van der Waals surface area contributed by atoms with Gasteiger partial charge in [0.2, 0.25) is 0 Å². The number of thiocarbonyl (C=S) groups is 1. The van der Waals surface area contributed by atoms with E-state index in [0.717, 1.165) is 0 Å². The van der Waals surface area contributed by atoms with E-state index in [0.29, 0.717) is 19.6 Å². The third kappa shape index (κ3) is 6.33. The first-order valence-electron chi connectivity index (χ1n) is 4.96. The standard InChI is InChI=1S/C8H19N3O3S2/c1-3-5-11(7-8(9)15)16(12,13)10-4-6-14-2/h10H,3-7H2,1-2H3,(H2,9,15). The second kappa shape index (κ2) is 7.91. The van der Waals surface area contributed by atoms with Gasteiger partial charge in [-0.1, -0.05) is 19.1 Å². The van der Waals surface area contributed by atoms with Gasteiger partial charge in [-0.3, -0.25) is 0 Å². The fraction of sp³-hybridized carbons (Fsp3) is 0.875. The molecule has 0 aromatic heterocycles. The van der Waals surface area contributed by atoms with Crippen LogP contribution in [-0.2, 0) is 14.9 Å². The van der Waals surface area contributed by atoms with Gasteiger partial charge in [-0.05, 0) is 6.42 Å². The fourth-order valence-electron chi connectivity index (χ4n) is 1.07. The smallest absolute Gasteiger partial charge is 0.279 e. The molecule has 96 valence electrons. The van der Waals surface area contributed by atoms with Gasteiger partial charge in [0.1, 0.15) is 0 Å². The molecule has 0 aromatic rings. The molecule has 0 bridgehead atoms. The van der Waals surface area contributed by atoms with Gasteiger partial charge in [-0.15, -0.1) is 0 Å². The summed E-state index contributed by atoms with van der Waals surface area (Å²) in [6.45, 7) is 2.89. The van der Waals surface area contributed by atoms with Crippen LogP contribution in [0, 0.1) is 0 Å². The highest BCUT2D eigenvalue weighted by atomic mass is 32.2. The van der Waals surface area contributed by atoms with Gasteiger partial charge in [0.05, 0.1) is 18.1 Å². The van der Waals surface area contributed by atoms with Crippen molar-refractivity contribution in [3.05, 3.63) is 0 Å². The summed E-state index contributed by atoms with van der Waals surface area (Å²) in [6, 6.07) is 0. The molecule has 0 saturated heterocycles. The summed E-state index contributed by atoms with van der Waals surface area (Å²) in [5, 5.41) is 0. The zero-order chi connectivity index (χ0) is 12.6. The lowest BCUT2D eigenvalue weighted by Gasteiger charge is -2.21. The van der Waals surface area contributed by atoms with E-state index in [1.807, 2.05) is 6.92 Å². The molecular formula is C8H19N3O3S2. The summed E-state index contributed by atoms with van der Waals surface area (Å²) in [7, 11) is -2.01. The Bertz CT molecular complexity index is 306. The molecule has 0 atom stereocenters. The Balaban J connectivity index is 4.43. The van der Waals surface area contributed by atoms with E-state index < -0.39 is 10.2 Å². The number of ether oxygens (including phenoxy) is 1. The Morgan fingerprint density at radius 1 is 1.56 bits per heavy atom. The quantitative estimate of drug-likeness (QED) is 0.434. The number of hydrogen-bond acceptors (Lipinski definition) is 4. The van der Waals surface area contributed by atoms with Crippen molar-refractivity contribution >= 4 is 27.4 Å². The highest BCUT2D eigenvalue weighted by Gasteiger charge is 2.20. The molecule has 0 unspecified atom stereocenters. The summed E-state index contributed by atoms with van der Waals surface area (Å²) >= 11 is 4.71. The predicted molar refractivity (Wildman–Crippen MR) is 67.4 cm³/mol. The van der Waals surface area contributed by atoms with Gasteiger partial charge in [-0.25, -0.2) is 0 Å². The third-order valence-electron chi connectivity index (χ3n) is 1.74. The Morgan fingerprint density at radius 3 is 2.62 bits per heavy atom. The molecule has 0 radical (unpaired) electrons. The van der Waals surface area contributed by atoms with Crippen molar-refractivity contribution < 1.29 is 13.2 Å². The van der Waals surface area contributed by atoms with Crippen LogP contribution in [0.15, 0.2) is 0 Å². The van der Waals surface area contributed by atoms with Gasteiger partial charge < -0.3 is 10.5 Å². The Hall–Kier alpha value is -0.280. The third-order valence-corrected chi connectivity index (χ3v) is 3.43. The number of hydrogen-bond donors (Lipinski definition) is 2. The van der Waals surface area contributed by atoms with Crippen molar-refractivity contribution in [1.82, 2.24) is 9.03 Å². The number of nitrogens with one attached hydrogen (secondary N) is 1. The van der Waals surface area contributed by atoms with Crippen molar-refractivity contribution in [1.29, 1.82) is 0 Å². The average Bonchev–Trinajstić information content (AvgIpc) is 2.16. The number of nitrogens with zero attached hydrogens (tertiary/aromatic N) is 1. The molecule has 0 spiro atoms. The van der Waals surface area contributed by atoms with E-state index in [1.54, 1.807) is 0 Å². The van der Waals surface area contributed by atoms with Crippen LogP contribution in [0.1, 0.15) is 13.3 Å². The lowest BCUT2D eigenvalue weighted by atomic mass is 10.5. The van der Waals surface area contributed by atoms with Crippen molar-refractivity contribution in [2.75, 3.05) is 33.4 Å². The molecule has 3 N–H and O–H groups in total. The van der Waals surface area contributed by atoms with Crippen LogP contribution in [0.4, 0.5) is 0 Å². The van der Waals surface area contributed by atoms with E-state index in [2.05, 4.69) is 4.72 Å². The molecule has 0 heterocycles. The molecule has 0 saturated carbocycles. The highest BCUT2D eigenvalue weighted by molar-refractivity contribution is 7.87. The van der Waals surface area contributed by atoms with Crippen LogP contribution in [0.3, 0.4) is 0 Å². The van der Waals surface area contributed by atoms with Gasteiger partial charge in [0, 0.05) is 20.2 Å². The number of nitrogens with two attached hydrogens (primary N) is 1. The molecule has 6 nitrogen and oxygen atoms in total.